The number of hydrogen-bond acceptors (Lipinski definition) is 3. The Morgan fingerprint density at radius 2 is 2.08 bits per heavy atom. The standard InChI is InChI=1S/C9H15N3/c1-6(2)9(11)7-5-12-4-3-8(7)10/h3-6,9H,11H2,1-2H3,(H2,10,12)/t9-/m1/s1. The van der Waals surface area contributed by atoms with Crippen LogP contribution in [0.1, 0.15) is 25.5 Å². The van der Waals surface area contributed by atoms with E-state index < -0.39 is 0 Å². The van der Waals surface area contributed by atoms with E-state index in [1.54, 1.807) is 18.5 Å². The third-order valence-electron chi connectivity index (χ3n) is 1.96. The SMILES string of the molecule is CC(C)[C@@H](N)c1cnccc1N. The summed E-state index contributed by atoms with van der Waals surface area (Å²) < 4.78 is 0. The number of hydrogen-bond donors (Lipinski definition) is 2. The van der Waals surface area contributed by atoms with E-state index in [0.29, 0.717) is 5.92 Å². The average molecular weight is 165 g/mol. The summed E-state index contributed by atoms with van der Waals surface area (Å²) in [5.74, 6) is 0.386. The second-order valence-electron chi connectivity index (χ2n) is 3.27. The van der Waals surface area contributed by atoms with Gasteiger partial charge in [-0.05, 0) is 12.0 Å². The molecular formula is C9H15N3. The van der Waals surface area contributed by atoms with E-state index >= 15 is 0 Å². The molecule has 0 aliphatic heterocycles. The smallest absolute Gasteiger partial charge is 0.0393 e. The number of nitrogen functional groups attached to an aromatic ring is 1. The maximum Gasteiger partial charge on any atom is 0.0393 e. The van der Waals surface area contributed by atoms with Gasteiger partial charge in [0, 0.05) is 29.7 Å². The Balaban J connectivity index is 2.94. The van der Waals surface area contributed by atoms with Gasteiger partial charge in [0.25, 0.3) is 0 Å². The molecule has 0 spiro atoms. The van der Waals surface area contributed by atoms with Crippen molar-refractivity contribution in [2.45, 2.75) is 19.9 Å². The largest absolute Gasteiger partial charge is 0.398 e. The number of nitrogens with zero attached hydrogens (tertiary/aromatic N) is 1. The van der Waals surface area contributed by atoms with E-state index in [9.17, 15) is 0 Å². The normalized spacial score (nSPS) is 13.3. The first kappa shape index (κ1) is 9.00. The van der Waals surface area contributed by atoms with Crippen LogP contribution in [0, 0.1) is 5.92 Å². The fourth-order valence-electron chi connectivity index (χ4n) is 1.06. The highest BCUT2D eigenvalue weighted by molar-refractivity contribution is 5.46. The maximum atomic E-state index is 5.92. The van der Waals surface area contributed by atoms with Gasteiger partial charge in [-0.2, -0.15) is 0 Å². The van der Waals surface area contributed by atoms with Crippen molar-refractivity contribution in [2.24, 2.45) is 11.7 Å². The minimum absolute atomic E-state index is 0.0151. The molecule has 1 rings (SSSR count). The minimum atomic E-state index is -0.0151. The average Bonchev–Trinajstić information content (AvgIpc) is 2.04. The molecule has 1 atom stereocenters. The summed E-state index contributed by atoms with van der Waals surface area (Å²) in [6, 6.07) is 1.76. The van der Waals surface area contributed by atoms with Gasteiger partial charge in [0.05, 0.1) is 0 Å². The monoisotopic (exact) mass is 165 g/mol. The molecule has 0 saturated heterocycles. The van der Waals surface area contributed by atoms with Gasteiger partial charge in [0.1, 0.15) is 0 Å². The third kappa shape index (κ3) is 1.74. The lowest BCUT2D eigenvalue weighted by molar-refractivity contribution is 0.514. The zero-order valence-corrected chi connectivity index (χ0v) is 7.49. The highest BCUT2D eigenvalue weighted by Crippen LogP contribution is 2.22. The van der Waals surface area contributed by atoms with Gasteiger partial charge >= 0.3 is 0 Å². The van der Waals surface area contributed by atoms with Crippen molar-refractivity contribution in [1.29, 1.82) is 0 Å². The molecule has 1 heterocycles. The first-order chi connectivity index (χ1) is 5.63. The quantitative estimate of drug-likeness (QED) is 0.694. The Hall–Kier alpha value is -1.09. The van der Waals surface area contributed by atoms with Crippen LogP contribution in [0.4, 0.5) is 5.69 Å². The molecule has 1 aromatic rings. The topological polar surface area (TPSA) is 64.9 Å². The molecule has 0 aliphatic carbocycles. The predicted molar refractivity (Wildman–Crippen MR) is 50.4 cm³/mol. The van der Waals surface area contributed by atoms with Crippen molar-refractivity contribution in [1.82, 2.24) is 4.98 Å². The van der Waals surface area contributed by atoms with Gasteiger partial charge < -0.3 is 11.5 Å². The molecule has 0 amide bonds. The molecule has 0 saturated carbocycles. The number of rotatable bonds is 2. The number of nitrogens with two attached hydrogens (primary N) is 2. The van der Waals surface area contributed by atoms with Crippen molar-refractivity contribution >= 4 is 5.69 Å². The first-order valence-corrected chi connectivity index (χ1v) is 4.08. The summed E-state index contributed by atoms with van der Waals surface area (Å²) >= 11 is 0. The molecule has 0 bridgehead atoms. The number of anilines is 1. The van der Waals surface area contributed by atoms with Crippen molar-refractivity contribution in [2.75, 3.05) is 5.73 Å². The van der Waals surface area contributed by atoms with E-state index in [1.165, 1.54) is 0 Å². The highest BCUT2D eigenvalue weighted by Gasteiger charge is 2.12. The Morgan fingerprint density at radius 1 is 1.42 bits per heavy atom. The van der Waals surface area contributed by atoms with Gasteiger partial charge in [-0.15, -0.1) is 0 Å². The third-order valence-corrected chi connectivity index (χ3v) is 1.96. The second-order valence-corrected chi connectivity index (χ2v) is 3.27. The van der Waals surface area contributed by atoms with Crippen LogP contribution in [0.5, 0.6) is 0 Å². The van der Waals surface area contributed by atoms with Crippen molar-refractivity contribution < 1.29 is 0 Å². The van der Waals surface area contributed by atoms with E-state index in [0.717, 1.165) is 11.3 Å². The molecule has 0 unspecified atom stereocenters. The minimum Gasteiger partial charge on any atom is -0.398 e. The number of pyridine rings is 1. The maximum absolute atomic E-state index is 5.92. The first-order valence-electron chi connectivity index (χ1n) is 4.08. The highest BCUT2D eigenvalue weighted by atomic mass is 14.7. The van der Waals surface area contributed by atoms with Gasteiger partial charge in [-0.25, -0.2) is 0 Å². The summed E-state index contributed by atoms with van der Waals surface area (Å²) in [7, 11) is 0. The van der Waals surface area contributed by atoms with Crippen LogP contribution < -0.4 is 11.5 Å². The van der Waals surface area contributed by atoms with Gasteiger partial charge in [-0.1, -0.05) is 13.8 Å². The summed E-state index contributed by atoms with van der Waals surface area (Å²) in [5.41, 5.74) is 13.3. The van der Waals surface area contributed by atoms with E-state index in [2.05, 4.69) is 18.8 Å². The van der Waals surface area contributed by atoms with Crippen LogP contribution in [0.2, 0.25) is 0 Å². The molecule has 3 heteroatoms. The Labute approximate surface area is 72.8 Å². The summed E-state index contributed by atoms with van der Waals surface area (Å²) in [4.78, 5) is 3.99. The van der Waals surface area contributed by atoms with Crippen LogP contribution in [0.3, 0.4) is 0 Å². The van der Waals surface area contributed by atoms with Crippen molar-refractivity contribution in [3.63, 3.8) is 0 Å². The van der Waals surface area contributed by atoms with Gasteiger partial charge in [0.15, 0.2) is 0 Å². The Bertz CT molecular complexity index is 258. The van der Waals surface area contributed by atoms with Crippen LogP contribution in [0.25, 0.3) is 0 Å². The molecule has 0 radical (unpaired) electrons. The lowest BCUT2D eigenvalue weighted by Gasteiger charge is -2.16. The van der Waals surface area contributed by atoms with E-state index in [1.807, 2.05) is 0 Å². The van der Waals surface area contributed by atoms with Crippen LogP contribution in [-0.4, -0.2) is 4.98 Å². The molecule has 0 fully saturated rings. The molecule has 3 nitrogen and oxygen atoms in total. The summed E-state index contributed by atoms with van der Waals surface area (Å²) in [6.45, 7) is 4.13. The Morgan fingerprint density at radius 3 is 2.58 bits per heavy atom. The van der Waals surface area contributed by atoms with Gasteiger partial charge in [-0.3, -0.25) is 4.98 Å². The van der Waals surface area contributed by atoms with Gasteiger partial charge in [0.2, 0.25) is 0 Å². The zero-order chi connectivity index (χ0) is 9.14. The molecule has 0 aliphatic rings. The zero-order valence-electron chi connectivity index (χ0n) is 7.49. The molecule has 12 heavy (non-hydrogen) atoms. The molecule has 4 N–H and O–H groups in total. The van der Waals surface area contributed by atoms with E-state index in [4.69, 9.17) is 11.5 Å². The lowest BCUT2D eigenvalue weighted by Crippen LogP contribution is -2.18. The molecule has 1 aromatic heterocycles. The fraction of sp³-hybridized carbons (Fsp3) is 0.444. The van der Waals surface area contributed by atoms with Crippen molar-refractivity contribution in [3.05, 3.63) is 24.0 Å². The predicted octanol–water partition coefficient (Wildman–Crippen LogP) is 1.32. The molecular weight excluding hydrogens is 150 g/mol. The lowest BCUT2D eigenvalue weighted by atomic mass is 9.97. The van der Waals surface area contributed by atoms with Crippen LogP contribution in [-0.2, 0) is 0 Å². The summed E-state index contributed by atoms with van der Waals surface area (Å²) in [6.07, 6.45) is 3.41. The Kier molecular flexibility index (Phi) is 2.65. The van der Waals surface area contributed by atoms with Crippen LogP contribution in [0.15, 0.2) is 18.5 Å². The molecule has 0 aromatic carbocycles. The summed E-state index contributed by atoms with van der Waals surface area (Å²) in [5, 5.41) is 0. The number of aromatic nitrogens is 1. The van der Waals surface area contributed by atoms with Crippen molar-refractivity contribution in [3.8, 4) is 0 Å². The second kappa shape index (κ2) is 3.54. The fourth-order valence-corrected chi connectivity index (χ4v) is 1.06. The van der Waals surface area contributed by atoms with E-state index in [-0.39, 0.29) is 6.04 Å². The molecule has 66 valence electrons. The van der Waals surface area contributed by atoms with Crippen LogP contribution >= 0.6 is 0 Å².